The second-order valence-corrected chi connectivity index (χ2v) is 5.39. The Morgan fingerprint density at radius 2 is 1.77 bits per heavy atom. The molecule has 0 atom stereocenters. The molecule has 0 bridgehead atoms. The summed E-state index contributed by atoms with van der Waals surface area (Å²) in [5.74, 6) is -1.41. The van der Waals surface area contributed by atoms with Crippen molar-refractivity contribution in [1.29, 1.82) is 0 Å². The molecule has 3 aromatic rings. The van der Waals surface area contributed by atoms with Gasteiger partial charge < -0.3 is 9.47 Å². The number of rotatable bonds is 4. The highest BCUT2D eigenvalue weighted by Gasteiger charge is 2.35. The van der Waals surface area contributed by atoms with Crippen LogP contribution in [-0.4, -0.2) is 33.3 Å². The lowest BCUT2D eigenvalue weighted by atomic mass is 10.1. The molecule has 0 saturated heterocycles. The van der Waals surface area contributed by atoms with Gasteiger partial charge in [-0.25, -0.2) is 0 Å². The Bertz CT molecular complexity index is 955. The number of aromatic nitrogens is 4. The van der Waals surface area contributed by atoms with E-state index in [2.05, 4.69) is 20.0 Å². The minimum absolute atomic E-state index is 0.00846. The van der Waals surface area contributed by atoms with E-state index in [0.717, 1.165) is 16.6 Å². The summed E-state index contributed by atoms with van der Waals surface area (Å²) in [6.07, 6.45) is -4.87. The molecular formula is C14H8ClF5N4O2. The summed E-state index contributed by atoms with van der Waals surface area (Å²) in [6, 6.07) is 6.05. The second-order valence-electron chi connectivity index (χ2n) is 4.92. The summed E-state index contributed by atoms with van der Waals surface area (Å²) < 4.78 is 73.3. The van der Waals surface area contributed by atoms with Crippen molar-refractivity contribution < 1.29 is 31.4 Å². The number of fused-ring (bicyclic) bond motifs is 1. The number of ether oxygens (including phenoxy) is 2. The highest BCUT2D eigenvalue weighted by atomic mass is 35.5. The van der Waals surface area contributed by atoms with Gasteiger partial charge >= 0.3 is 11.7 Å². The topological polar surface area (TPSA) is 61.5 Å². The Morgan fingerprint density at radius 1 is 1.04 bits per heavy atom. The summed E-state index contributed by atoms with van der Waals surface area (Å²) in [5, 5.41) is 6.98. The summed E-state index contributed by atoms with van der Waals surface area (Å²) in [5.41, 5.74) is 0.372. The van der Waals surface area contributed by atoms with Gasteiger partial charge in [0.25, 0.3) is 0 Å². The average Bonchev–Trinajstić information content (AvgIpc) is 2.96. The Kier molecular flexibility index (Phi) is 4.34. The van der Waals surface area contributed by atoms with E-state index < -0.39 is 23.3 Å². The number of halogens is 6. The first-order valence-electron chi connectivity index (χ1n) is 6.82. The molecule has 0 unspecified atom stereocenters. The normalized spacial score (nSPS) is 12.4. The zero-order chi connectivity index (χ0) is 19.1. The number of nitrogens with zero attached hydrogens (tertiary/aromatic N) is 4. The molecule has 2 heterocycles. The largest absolute Gasteiger partial charge is 0.573 e. The van der Waals surface area contributed by atoms with Gasteiger partial charge in [-0.05, 0) is 35.9 Å². The molecule has 12 heteroatoms. The van der Waals surface area contributed by atoms with Crippen LogP contribution < -0.4 is 9.47 Å². The Labute approximate surface area is 147 Å². The van der Waals surface area contributed by atoms with Crippen LogP contribution in [0.4, 0.5) is 22.0 Å². The smallest absolute Gasteiger partial charge is 0.496 e. The number of alkyl halides is 6. The van der Waals surface area contributed by atoms with Gasteiger partial charge in [-0.15, -0.1) is 23.4 Å². The van der Waals surface area contributed by atoms with Crippen LogP contribution >= 0.6 is 11.6 Å². The molecule has 0 aliphatic rings. The van der Waals surface area contributed by atoms with Crippen molar-refractivity contribution in [3.8, 4) is 22.8 Å². The van der Waals surface area contributed by atoms with Gasteiger partial charge in [0.15, 0.2) is 5.65 Å². The summed E-state index contributed by atoms with van der Waals surface area (Å²) in [7, 11) is 1.23. The number of methoxy groups -OCH3 is 1. The molecule has 0 aliphatic heterocycles. The Balaban J connectivity index is 2.08. The van der Waals surface area contributed by atoms with Crippen LogP contribution in [0.2, 0.25) is 0 Å². The maximum atomic E-state index is 13.4. The Morgan fingerprint density at radius 3 is 2.38 bits per heavy atom. The number of hydrogen-bond donors (Lipinski definition) is 0. The third-order valence-electron chi connectivity index (χ3n) is 3.20. The van der Waals surface area contributed by atoms with Crippen molar-refractivity contribution in [1.82, 2.24) is 19.8 Å². The molecule has 3 rings (SSSR count). The van der Waals surface area contributed by atoms with Crippen LogP contribution in [0.15, 0.2) is 30.3 Å². The first-order valence-corrected chi connectivity index (χ1v) is 7.20. The SMILES string of the molecule is COc1cc(OC(F)(F)F)ccc1-c1ccc2nnc(C(F)(F)Cl)n2n1. The first kappa shape index (κ1) is 18.1. The van der Waals surface area contributed by atoms with Crippen molar-refractivity contribution in [2.24, 2.45) is 0 Å². The van der Waals surface area contributed by atoms with E-state index in [1.54, 1.807) is 0 Å². The molecule has 0 radical (unpaired) electrons. The molecule has 0 spiro atoms. The second kappa shape index (κ2) is 6.24. The molecule has 1 aromatic carbocycles. The fraction of sp³-hybridized carbons (Fsp3) is 0.214. The van der Waals surface area contributed by atoms with Gasteiger partial charge in [-0.1, -0.05) is 0 Å². The third kappa shape index (κ3) is 3.62. The van der Waals surface area contributed by atoms with Gasteiger partial charge in [0.2, 0.25) is 5.82 Å². The fourth-order valence-electron chi connectivity index (χ4n) is 2.19. The molecule has 6 nitrogen and oxygen atoms in total. The quantitative estimate of drug-likeness (QED) is 0.494. The lowest BCUT2D eigenvalue weighted by molar-refractivity contribution is -0.274. The molecule has 0 fully saturated rings. The van der Waals surface area contributed by atoms with Gasteiger partial charge in [-0.3, -0.25) is 0 Å². The molecule has 26 heavy (non-hydrogen) atoms. The number of benzene rings is 1. The van der Waals surface area contributed by atoms with E-state index in [1.165, 1.54) is 25.3 Å². The van der Waals surface area contributed by atoms with Crippen LogP contribution in [0.25, 0.3) is 16.9 Å². The summed E-state index contributed by atoms with van der Waals surface area (Å²) in [6.45, 7) is 0. The molecule has 0 N–H and O–H groups in total. The van der Waals surface area contributed by atoms with Gasteiger partial charge in [0.1, 0.15) is 11.5 Å². The lowest BCUT2D eigenvalue weighted by Crippen LogP contribution is -2.17. The zero-order valence-corrected chi connectivity index (χ0v) is 13.5. The molecule has 0 saturated carbocycles. The van der Waals surface area contributed by atoms with Crippen LogP contribution in [0, 0.1) is 0 Å². The van der Waals surface area contributed by atoms with Crippen molar-refractivity contribution in [3.63, 3.8) is 0 Å². The fourth-order valence-corrected chi connectivity index (χ4v) is 2.31. The van der Waals surface area contributed by atoms with Crippen LogP contribution in [-0.2, 0) is 5.38 Å². The molecular weight excluding hydrogens is 387 g/mol. The highest BCUT2D eigenvalue weighted by Crippen LogP contribution is 2.35. The van der Waals surface area contributed by atoms with Gasteiger partial charge in [0, 0.05) is 11.6 Å². The van der Waals surface area contributed by atoms with E-state index in [4.69, 9.17) is 16.3 Å². The first-order chi connectivity index (χ1) is 12.1. The van der Waals surface area contributed by atoms with Crippen molar-refractivity contribution >= 4 is 17.2 Å². The minimum Gasteiger partial charge on any atom is -0.496 e. The molecule has 2 aromatic heterocycles. The van der Waals surface area contributed by atoms with Crippen LogP contribution in [0.3, 0.4) is 0 Å². The highest BCUT2D eigenvalue weighted by molar-refractivity contribution is 6.21. The van der Waals surface area contributed by atoms with Crippen molar-refractivity contribution in [3.05, 3.63) is 36.2 Å². The van der Waals surface area contributed by atoms with E-state index >= 15 is 0 Å². The predicted octanol–water partition coefficient (Wildman–Crippen LogP) is 3.99. The standard InChI is InChI=1S/C14H8ClF5N4O2/c1-25-10-6-7(26-14(18,19)20)2-3-8(10)9-4-5-11-21-22-12(13(15,16)17)24(11)23-9/h2-6H,1H3. The summed E-state index contributed by atoms with van der Waals surface area (Å²) in [4.78, 5) is 0. The molecule has 138 valence electrons. The zero-order valence-electron chi connectivity index (χ0n) is 12.8. The maximum absolute atomic E-state index is 13.4. The predicted molar refractivity (Wildman–Crippen MR) is 79.2 cm³/mol. The van der Waals surface area contributed by atoms with E-state index in [1.807, 2.05) is 0 Å². The number of hydrogen-bond acceptors (Lipinski definition) is 5. The maximum Gasteiger partial charge on any atom is 0.573 e. The van der Waals surface area contributed by atoms with Crippen LogP contribution in [0.5, 0.6) is 11.5 Å². The van der Waals surface area contributed by atoms with Crippen molar-refractivity contribution in [2.45, 2.75) is 11.7 Å². The average molecular weight is 395 g/mol. The lowest BCUT2D eigenvalue weighted by Gasteiger charge is -2.13. The van der Waals surface area contributed by atoms with Gasteiger partial charge in [0.05, 0.1) is 12.8 Å². The van der Waals surface area contributed by atoms with E-state index in [-0.39, 0.29) is 22.7 Å². The molecule has 0 aliphatic carbocycles. The third-order valence-corrected chi connectivity index (χ3v) is 3.37. The monoisotopic (exact) mass is 394 g/mol. The van der Waals surface area contributed by atoms with E-state index in [9.17, 15) is 22.0 Å². The Hall–Kier alpha value is -2.69. The minimum atomic E-state index is -4.87. The molecule has 0 amide bonds. The van der Waals surface area contributed by atoms with Crippen molar-refractivity contribution in [2.75, 3.05) is 7.11 Å². The van der Waals surface area contributed by atoms with Gasteiger partial charge in [-0.2, -0.15) is 18.4 Å². The van der Waals surface area contributed by atoms with Crippen LogP contribution in [0.1, 0.15) is 5.82 Å². The summed E-state index contributed by atoms with van der Waals surface area (Å²) >= 11 is 4.97. The van der Waals surface area contributed by atoms with E-state index in [0.29, 0.717) is 0 Å².